The Balaban J connectivity index is 1.96. The van der Waals surface area contributed by atoms with Crippen molar-refractivity contribution in [3.05, 3.63) is 18.0 Å². The molecule has 6 heteroatoms. The summed E-state index contributed by atoms with van der Waals surface area (Å²) in [4.78, 5) is 11.0. The van der Waals surface area contributed by atoms with Crippen LogP contribution in [0.3, 0.4) is 0 Å². The number of anilines is 1. The van der Waals surface area contributed by atoms with Crippen molar-refractivity contribution in [2.24, 2.45) is 0 Å². The molecule has 6 nitrogen and oxygen atoms in total. The quantitative estimate of drug-likeness (QED) is 0.833. The van der Waals surface area contributed by atoms with Crippen molar-refractivity contribution < 1.29 is 9.47 Å². The molecule has 2 atom stereocenters. The third-order valence-corrected chi connectivity index (χ3v) is 3.51. The van der Waals surface area contributed by atoms with Crippen LogP contribution in [0.25, 0.3) is 0 Å². The summed E-state index contributed by atoms with van der Waals surface area (Å²) in [5.74, 6) is 0.736. The van der Waals surface area contributed by atoms with E-state index in [1.54, 1.807) is 14.2 Å². The van der Waals surface area contributed by atoms with Crippen LogP contribution in [0.5, 0.6) is 0 Å². The fraction of sp³-hybridized carbons (Fsp3) is 0.714. The molecule has 1 fully saturated rings. The Morgan fingerprint density at radius 2 is 1.75 bits per heavy atom. The number of aromatic nitrogens is 2. The third-order valence-electron chi connectivity index (χ3n) is 3.51. The van der Waals surface area contributed by atoms with Gasteiger partial charge in [-0.15, -0.1) is 0 Å². The zero-order chi connectivity index (χ0) is 14.5. The van der Waals surface area contributed by atoms with Crippen LogP contribution in [0.4, 0.5) is 5.95 Å². The first kappa shape index (κ1) is 15.2. The van der Waals surface area contributed by atoms with Gasteiger partial charge < -0.3 is 19.7 Å². The maximum atomic E-state index is 5.42. The predicted molar refractivity (Wildman–Crippen MR) is 77.8 cm³/mol. The molecule has 1 aliphatic heterocycles. The van der Waals surface area contributed by atoms with Gasteiger partial charge in [0.25, 0.3) is 0 Å². The lowest BCUT2D eigenvalue weighted by atomic mass is 10.3. The van der Waals surface area contributed by atoms with E-state index in [9.17, 15) is 0 Å². The molecule has 0 amide bonds. The summed E-state index contributed by atoms with van der Waals surface area (Å²) < 4.78 is 10.8. The van der Waals surface area contributed by atoms with Crippen LogP contribution in [0.2, 0.25) is 0 Å². The second kappa shape index (κ2) is 6.97. The van der Waals surface area contributed by atoms with Gasteiger partial charge in [0.2, 0.25) is 5.95 Å². The predicted octanol–water partition coefficient (Wildman–Crippen LogP) is 0.825. The number of nitrogens with zero attached hydrogens (tertiary/aromatic N) is 3. The highest BCUT2D eigenvalue weighted by Gasteiger charge is 2.34. The van der Waals surface area contributed by atoms with Gasteiger partial charge in [0.05, 0.1) is 0 Å². The van der Waals surface area contributed by atoms with Crippen molar-refractivity contribution in [3.8, 4) is 0 Å². The Morgan fingerprint density at radius 1 is 1.20 bits per heavy atom. The summed E-state index contributed by atoms with van der Waals surface area (Å²) in [5, 5.41) is 3.35. The van der Waals surface area contributed by atoms with Crippen molar-refractivity contribution in [1.82, 2.24) is 15.3 Å². The van der Waals surface area contributed by atoms with Gasteiger partial charge in [-0.3, -0.25) is 0 Å². The molecule has 1 aromatic rings. The van der Waals surface area contributed by atoms with Crippen LogP contribution in [-0.2, 0) is 16.0 Å². The topological polar surface area (TPSA) is 59.5 Å². The number of nitrogens with one attached hydrogen (secondary N) is 1. The summed E-state index contributed by atoms with van der Waals surface area (Å²) >= 11 is 0. The van der Waals surface area contributed by atoms with Crippen LogP contribution in [0.1, 0.15) is 19.4 Å². The Morgan fingerprint density at radius 3 is 2.20 bits per heavy atom. The zero-order valence-corrected chi connectivity index (χ0v) is 12.7. The van der Waals surface area contributed by atoms with E-state index in [0.29, 0.717) is 6.04 Å². The van der Waals surface area contributed by atoms with Gasteiger partial charge in [-0.1, -0.05) is 13.8 Å². The highest BCUT2D eigenvalue weighted by Crippen LogP contribution is 2.19. The zero-order valence-electron chi connectivity index (χ0n) is 12.7. The molecule has 1 aliphatic rings. The molecule has 0 aromatic carbocycles. The lowest BCUT2D eigenvalue weighted by molar-refractivity contribution is -0.00461. The molecule has 2 rings (SSSR count). The molecule has 0 bridgehead atoms. The molecule has 1 saturated heterocycles. The molecular weight excluding hydrogens is 256 g/mol. The van der Waals surface area contributed by atoms with Gasteiger partial charge in [0.1, 0.15) is 12.2 Å². The summed E-state index contributed by atoms with van der Waals surface area (Å²) in [6.07, 6.45) is 3.90. The van der Waals surface area contributed by atoms with Crippen LogP contribution in [-0.4, -0.2) is 55.5 Å². The average Bonchev–Trinajstić information content (AvgIpc) is 2.89. The largest absolute Gasteiger partial charge is 0.377 e. The minimum atomic E-state index is 0.0749. The molecule has 1 N–H and O–H groups in total. The number of methoxy groups -OCH3 is 2. The standard InChI is InChI=1S/C14H24N4O2/c1-10(2)15-5-11-6-16-14(17-7-11)18-8-12(19-3)13(9-18)20-4/h6-7,10,12-13,15H,5,8-9H2,1-4H3. The molecule has 0 aliphatic carbocycles. The van der Waals surface area contributed by atoms with Crippen LogP contribution in [0, 0.1) is 0 Å². The van der Waals surface area contributed by atoms with E-state index in [4.69, 9.17) is 9.47 Å². The highest BCUT2D eigenvalue weighted by atomic mass is 16.5. The average molecular weight is 280 g/mol. The minimum absolute atomic E-state index is 0.0749. The first-order chi connectivity index (χ1) is 9.63. The number of hydrogen-bond donors (Lipinski definition) is 1. The first-order valence-corrected chi connectivity index (χ1v) is 6.99. The van der Waals surface area contributed by atoms with E-state index in [-0.39, 0.29) is 12.2 Å². The minimum Gasteiger partial charge on any atom is -0.377 e. The fourth-order valence-electron chi connectivity index (χ4n) is 2.28. The van der Waals surface area contributed by atoms with Crippen LogP contribution in [0.15, 0.2) is 12.4 Å². The van der Waals surface area contributed by atoms with Gasteiger partial charge in [0.15, 0.2) is 0 Å². The lowest BCUT2D eigenvalue weighted by Crippen LogP contribution is -2.27. The molecule has 2 heterocycles. The highest BCUT2D eigenvalue weighted by molar-refractivity contribution is 5.33. The van der Waals surface area contributed by atoms with Crippen molar-refractivity contribution in [3.63, 3.8) is 0 Å². The van der Waals surface area contributed by atoms with E-state index in [2.05, 4.69) is 34.0 Å². The van der Waals surface area contributed by atoms with E-state index >= 15 is 0 Å². The molecule has 112 valence electrons. The lowest BCUT2D eigenvalue weighted by Gasteiger charge is -2.15. The second-order valence-corrected chi connectivity index (χ2v) is 5.38. The summed E-state index contributed by atoms with van der Waals surface area (Å²) in [5.41, 5.74) is 1.09. The smallest absolute Gasteiger partial charge is 0.225 e. The molecule has 20 heavy (non-hydrogen) atoms. The van der Waals surface area contributed by atoms with E-state index in [1.807, 2.05) is 12.4 Å². The summed E-state index contributed by atoms with van der Waals surface area (Å²) in [6.45, 7) is 6.56. The van der Waals surface area contributed by atoms with E-state index in [0.717, 1.165) is 31.1 Å². The van der Waals surface area contributed by atoms with Gasteiger partial charge in [-0.2, -0.15) is 0 Å². The van der Waals surface area contributed by atoms with Gasteiger partial charge in [0, 0.05) is 57.9 Å². The number of hydrogen-bond acceptors (Lipinski definition) is 6. The first-order valence-electron chi connectivity index (χ1n) is 6.99. The maximum absolute atomic E-state index is 5.42. The Bertz CT molecular complexity index is 398. The molecule has 0 spiro atoms. The maximum Gasteiger partial charge on any atom is 0.225 e. The van der Waals surface area contributed by atoms with Gasteiger partial charge >= 0.3 is 0 Å². The second-order valence-electron chi connectivity index (χ2n) is 5.38. The van der Waals surface area contributed by atoms with Crippen molar-refractivity contribution in [2.45, 2.75) is 38.6 Å². The van der Waals surface area contributed by atoms with Crippen LogP contribution < -0.4 is 10.2 Å². The Labute approximate surface area is 120 Å². The van der Waals surface area contributed by atoms with Crippen molar-refractivity contribution >= 4 is 5.95 Å². The van der Waals surface area contributed by atoms with E-state index in [1.165, 1.54) is 0 Å². The Kier molecular flexibility index (Phi) is 5.28. The van der Waals surface area contributed by atoms with Gasteiger partial charge in [-0.25, -0.2) is 9.97 Å². The molecule has 2 unspecified atom stereocenters. The number of ether oxygens (including phenoxy) is 2. The fourth-order valence-corrected chi connectivity index (χ4v) is 2.28. The van der Waals surface area contributed by atoms with Crippen LogP contribution >= 0.6 is 0 Å². The van der Waals surface area contributed by atoms with E-state index < -0.39 is 0 Å². The molecule has 1 aromatic heterocycles. The molecular formula is C14H24N4O2. The van der Waals surface area contributed by atoms with Gasteiger partial charge in [-0.05, 0) is 0 Å². The normalized spacial score (nSPS) is 22.8. The SMILES string of the molecule is COC1CN(c2ncc(CNC(C)C)cn2)CC1OC. The number of rotatable bonds is 6. The third kappa shape index (κ3) is 3.65. The molecule has 0 radical (unpaired) electrons. The van der Waals surface area contributed by atoms with Crippen molar-refractivity contribution in [1.29, 1.82) is 0 Å². The van der Waals surface area contributed by atoms with Crippen molar-refractivity contribution in [2.75, 3.05) is 32.2 Å². The molecule has 0 saturated carbocycles. The Hall–Kier alpha value is -1.24. The monoisotopic (exact) mass is 280 g/mol. The summed E-state index contributed by atoms with van der Waals surface area (Å²) in [7, 11) is 3.42. The summed E-state index contributed by atoms with van der Waals surface area (Å²) in [6, 6.07) is 0.457.